The molecule has 2 aromatic carbocycles. The lowest BCUT2D eigenvalue weighted by Gasteiger charge is -2.08. The lowest BCUT2D eigenvalue weighted by molar-refractivity contribution is 0.0698. The Morgan fingerprint density at radius 2 is 1.67 bits per heavy atom. The Hall–Kier alpha value is -2.59. The van der Waals surface area contributed by atoms with E-state index in [4.69, 9.17) is 4.74 Å². The van der Waals surface area contributed by atoms with Crippen LogP contribution in [0.25, 0.3) is 10.9 Å². The molecule has 1 N–H and O–H groups in total. The number of hydrogen-bond donors (Lipinski definition) is 1. The molecule has 0 bridgehead atoms. The highest BCUT2D eigenvalue weighted by atomic mass is 16.5. The number of unbranched alkanes of at least 4 members (excludes halogenated alkanes) is 1. The maximum Gasteiger partial charge on any atom is 0.338 e. The summed E-state index contributed by atoms with van der Waals surface area (Å²) in [5.74, 6) is -0.855. The monoisotopic (exact) mass is 367 g/mol. The molecule has 0 atom stereocenters. The lowest BCUT2D eigenvalue weighted by atomic mass is 10.1. The van der Waals surface area contributed by atoms with Gasteiger partial charge in [-0.1, -0.05) is 54.1 Å². The van der Waals surface area contributed by atoms with E-state index in [9.17, 15) is 9.90 Å². The first-order valence-electron chi connectivity index (χ1n) is 9.46. The van der Waals surface area contributed by atoms with Crippen LogP contribution in [0.5, 0.6) is 0 Å². The van der Waals surface area contributed by atoms with E-state index in [1.54, 1.807) is 0 Å². The van der Waals surface area contributed by atoms with Crippen molar-refractivity contribution in [3.05, 3.63) is 71.4 Å². The Kier molecular flexibility index (Phi) is 8.08. The highest BCUT2D eigenvalue weighted by Crippen LogP contribution is 2.26. The molecule has 0 saturated carbocycles. The van der Waals surface area contributed by atoms with Crippen molar-refractivity contribution in [2.45, 2.75) is 40.2 Å². The molecule has 4 nitrogen and oxygen atoms in total. The zero-order valence-electron chi connectivity index (χ0n) is 16.4. The van der Waals surface area contributed by atoms with Gasteiger partial charge >= 0.3 is 5.97 Å². The van der Waals surface area contributed by atoms with Crippen LogP contribution in [0.2, 0.25) is 0 Å². The summed E-state index contributed by atoms with van der Waals surface area (Å²) in [4.78, 5) is 11.4. The Morgan fingerprint density at radius 1 is 1.00 bits per heavy atom. The van der Waals surface area contributed by atoms with Crippen molar-refractivity contribution in [3.63, 3.8) is 0 Å². The number of aryl methyl sites for hydroxylation is 2. The van der Waals surface area contributed by atoms with Gasteiger partial charge in [-0.3, -0.25) is 0 Å². The van der Waals surface area contributed by atoms with Gasteiger partial charge in [-0.05, 0) is 39.7 Å². The number of carboxylic acids is 1. The number of benzene rings is 2. The van der Waals surface area contributed by atoms with Crippen molar-refractivity contribution >= 4 is 16.9 Å². The van der Waals surface area contributed by atoms with Crippen molar-refractivity contribution in [2.75, 3.05) is 13.2 Å². The van der Waals surface area contributed by atoms with Crippen LogP contribution in [-0.4, -0.2) is 28.9 Å². The summed E-state index contributed by atoms with van der Waals surface area (Å²) in [6.45, 7) is 8.29. The summed E-state index contributed by atoms with van der Waals surface area (Å²) >= 11 is 0. The van der Waals surface area contributed by atoms with Gasteiger partial charge in [-0.15, -0.1) is 0 Å². The van der Waals surface area contributed by atoms with E-state index >= 15 is 0 Å². The van der Waals surface area contributed by atoms with E-state index in [1.165, 1.54) is 5.56 Å². The van der Waals surface area contributed by atoms with Crippen LogP contribution in [0.3, 0.4) is 0 Å². The van der Waals surface area contributed by atoms with Crippen LogP contribution >= 0.6 is 0 Å². The molecule has 144 valence electrons. The molecule has 1 heterocycles. The fourth-order valence-electron chi connectivity index (χ4n) is 3.14. The number of carboxylic acid groups (broad SMARTS) is 1. The Morgan fingerprint density at radius 3 is 2.26 bits per heavy atom. The Balaban J connectivity index is 0.000000313. The highest BCUT2D eigenvalue weighted by Gasteiger charge is 2.18. The minimum absolute atomic E-state index is 0.422. The standard InChI is InChI=1S/C16H21NO3.C7H8/c1-3-20-11-7-6-10-17-12(2)15(16(18)19)13-8-4-5-9-14(13)17;1-7-5-3-2-4-6-7/h4-5,8-9H,3,6-7,10-11H2,1-2H3,(H,18,19);2-6H,1H3. The first kappa shape index (κ1) is 20.7. The second-order valence-electron chi connectivity index (χ2n) is 6.49. The van der Waals surface area contributed by atoms with Crippen molar-refractivity contribution in [3.8, 4) is 0 Å². The minimum atomic E-state index is -0.855. The molecular formula is C23H29NO3. The molecular weight excluding hydrogens is 338 g/mol. The lowest BCUT2D eigenvalue weighted by Crippen LogP contribution is -2.04. The molecule has 1 aromatic heterocycles. The largest absolute Gasteiger partial charge is 0.478 e. The van der Waals surface area contributed by atoms with Gasteiger partial charge in [0, 0.05) is 36.4 Å². The first-order valence-corrected chi connectivity index (χ1v) is 9.46. The summed E-state index contributed by atoms with van der Waals surface area (Å²) in [5.41, 5.74) is 3.57. The number of fused-ring (bicyclic) bond motifs is 1. The maximum absolute atomic E-state index is 11.4. The molecule has 3 aromatic rings. The van der Waals surface area contributed by atoms with E-state index in [0.717, 1.165) is 49.2 Å². The highest BCUT2D eigenvalue weighted by molar-refractivity contribution is 6.05. The number of hydrogen-bond acceptors (Lipinski definition) is 2. The zero-order valence-corrected chi connectivity index (χ0v) is 16.4. The van der Waals surface area contributed by atoms with Crippen LogP contribution in [0, 0.1) is 13.8 Å². The van der Waals surface area contributed by atoms with E-state index in [0.29, 0.717) is 5.56 Å². The smallest absolute Gasteiger partial charge is 0.338 e. The number of aromatic carboxylic acids is 1. The number of para-hydroxylation sites is 1. The van der Waals surface area contributed by atoms with Crippen molar-refractivity contribution in [1.29, 1.82) is 0 Å². The van der Waals surface area contributed by atoms with Crippen molar-refractivity contribution in [1.82, 2.24) is 4.57 Å². The predicted molar refractivity (Wildman–Crippen MR) is 111 cm³/mol. The van der Waals surface area contributed by atoms with Crippen LogP contribution < -0.4 is 0 Å². The maximum atomic E-state index is 11.4. The topological polar surface area (TPSA) is 51.5 Å². The van der Waals surface area contributed by atoms with Gasteiger partial charge in [0.15, 0.2) is 0 Å². The molecule has 0 aliphatic rings. The fourth-order valence-corrected chi connectivity index (χ4v) is 3.14. The van der Waals surface area contributed by atoms with E-state index in [-0.39, 0.29) is 0 Å². The van der Waals surface area contributed by atoms with Crippen LogP contribution in [0.15, 0.2) is 54.6 Å². The second kappa shape index (κ2) is 10.5. The fraction of sp³-hybridized carbons (Fsp3) is 0.348. The molecule has 0 amide bonds. The summed E-state index contributed by atoms with van der Waals surface area (Å²) in [5, 5.41) is 10.2. The first-order chi connectivity index (χ1) is 13.1. The zero-order chi connectivity index (χ0) is 19.6. The molecule has 0 aliphatic carbocycles. The molecule has 27 heavy (non-hydrogen) atoms. The van der Waals surface area contributed by atoms with Crippen LogP contribution in [0.1, 0.15) is 41.4 Å². The number of aromatic nitrogens is 1. The third-order valence-electron chi connectivity index (χ3n) is 4.51. The third kappa shape index (κ3) is 5.69. The van der Waals surface area contributed by atoms with Gasteiger partial charge < -0.3 is 14.4 Å². The van der Waals surface area contributed by atoms with Gasteiger partial charge in [0.1, 0.15) is 0 Å². The molecule has 0 saturated heterocycles. The summed E-state index contributed by atoms with van der Waals surface area (Å²) in [6.07, 6.45) is 1.97. The summed E-state index contributed by atoms with van der Waals surface area (Å²) in [6, 6.07) is 18.0. The van der Waals surface area contributed by atoms with Gasteiger partial charge in [-0.25, -0.2) is 4.79 Å². The Labute approximate surface area is 161 Å². The summed E-state index contributed by atoms with van der Waals surface area (Å²) < 4.78 is 7.43. The number of carbonyl (C=O) groups is 1. The van der Waals surface area contributed by atoms with E-state index in [1.807, 2.05) is 56.3 Å². The van der Waals surface area contributed by atoms with Crippen LogP contribution in [0.4, 0.5) is 0 Å². The second-order valence-corrected chi connectivity index (χ2v) is 6.49. The van der Waals surface area contributed by atoms with Gasteiger partial charge in [0.05, 0.1) is 5.56 Å². The molecule has 4 heteroatoms. The Bertz CT molecular complexity index is 853. The molecule has 0 unspecified atom stereocenters. The van der Waals surface area contributed by atoms with E-state index < -0.39 is 5.97 Å². The average Bonchev–Trinajstić information content (AvgIpc) is 2.94. The number of rotatable bonds is 7. The molecule has 0 aliphatic heterocycles. The quantitative estimate of drug-likeness (QED) is 0.564. The normalized spacial score (nSPS) is 10.5. The number of ether oxygens (including phenoxy) is 1. The van der Waals surface area contributed by atoms with Crippen molar-refractivity contribution < 1.29 is 14.6 Å². The minimum Gasteiger partial charge on any atom is -0.478 e. The predicted octanol–water partition coefficient (Wildman–Crippen LogP) is 5.46. The van der Waals surface area contributed by atoms with Gasteiger partial charge in [0.2, 0.25) is 0 Å². The molecule has 3 rings (SSSR count). The van der Waals surface area contributed by atoms with E-state index in [2.05, 4.69) is 23.6 Å². The van der Waals surface area contributed by atoms with Gasteiger partial charge in [-0.2, -0.15) is 0 Å². The molecule has 0 spiro atoms. The average molecular weight is 367 g/mol. The third-order valence-corrected chi connectivity index (χ3v) is 4.51. The molecule has 0 fully saturated rings. The van der Waals surface area contributed by atoms with Crippen molar-refractivity contribution in [2.24, 2.45) is 0 Å². The summed E-state index contributed by atoms with van der Waals surface area (Å²) in [7, 11) is 0. The van der Waals surface area contributed by atoms with Gasteiger partial charge in [0.25, 0.3) is 0 Å². The van der Waals surface area contributed by atoms with Crippen LogP contribution in [-0.2, 0) is 11.3 Å². The molecule has 0 radical (unpaired) electrons. The SMILES string of the molecule is CCOCCCCn1c(C)c(C(=O)O)c2ccccc21.Cc1ccccc1. The number of nitrogens with zero attached hydrogens (tertiary/aromatic N) is 1.